The maximum atomic E-state index is 9.60. The summed E-state index contributed by atoms with van der Waals surface area (Å²) in [7, 11) is 0. The van der Waals surface area contributed by atoms with Crippen molar-refractivity contribution in [2.24, 2.45) is 0 Å². The summed E-state index contributed by atoms with van der Waals surface area (Å²) in [4.78, 5) is 11.2. The van der Waals surface area contributed by atoms with Gasteiger partial charge in [-0.3, -0.25) is 4.90 Å². The van der Waals surface area contributed by atoms with Crippen molar-refractivity contribution >= 4 is 22.5 Å². The van der Waals surface area contributed by atoms with Gasteiger partial charge in [0.25, 0.3) is 0 Å². The molecule has 1 aliphatic heterocycles. The number of phenolic OH excluding ortho intramolecular Hbond substituents is 1. The average molecular weight is 322 g/mol. The molecule has 1 fully saturated rings. The van der Waals surface area contributed by atoms with Crippen molar-refractivity contribution in [1.82, 2.24) is 15.3 Å². The van der Waals surface area contributed by atoms with Crippen LogP contribution >= 0.6 is 0 Å². The summed E-state index contributed by atoms with van der Waals surface area (Å²) in [6.45, 7) is 2.19. The van der Waals surface area contributed by atoms with E-state index in [1.165, 1.54) is 0 Å². The molecule has 1 atom stereocenters. The lowest BCUT2D eigenvalue weighted by Gasteiger charge is -2.34. The van der Waals surface area contributed by atoms with Gasteiger partial charge in [0.2, 0.25) is 5.95 Å². The molecule has 3 aromatic rings. The minimum atomic E-state index is -0.171. The molecule has 2 aromatic carbocycles. The number of morpholine rings is 1. The number of rotatable bonds is 3. The highest BCUT2D eigenvalue weighted by molar-refractivity contribution is 5.80. The summed E-state index contributed by atoms with van der Waals surface area (Å²) in [5.74, 6) is 0.784. The van der Waals surface area contributed by atoms with E-state index in [-0.39, 0.29) is 12.0 Å². The van der Waals surface area contributed by atoms with Crippen molar-refractivity contribution in [3.8, 4) is 5.75 Å². The Morgan fingerprint density at radius 2 is 2.04 bits per heavy atom. The number of anilines is 2. The van der Waals surface area contributed by atoms with Gasteiger partial charge in [0.15, 0.2) is 0 Å². The van der Waals surface area contributed by atoms with Crippen LogP contribution in [0.1, 0.15) is 0 Å². The zero-order valence-corrected chi connectivity index (χ0v) is 13.1. The first-order valence-electron chi connectivity index (χ1n) is 7.94. The summed E-state index contributed by atoms with van der Waals surface area (Å²) in [5.41, 5.74) is 1.76. The van der Waals surface area contributed by atoms with Crippen LogP contribution < -0.4 is 10.2 Å². The predicted octanol–water partition coefficient (Wildman–Crippen LogP) is 2.42. The van der Waals surface area contributed by atoms with Gasteiger partial charge in [0.1, 0.15) is 12.0 Å². The fraction of sp³-hybridized carbons (Fsp3) is 0.222. The molecule has 0 amide bonds. The maximum absolute atomic E-state index is 9.60. The van der Waals surface area contributed by atoms with E-state index in [1.807, 2.05) is 35.2 Å². The molecule has 1 unspecified atom stereocenters. The number of nitrogens with zero attached hydrogens (tertiary/aromatic N) is 3. The Balaban J connectivity index is 1.79. The number of phenols is 1. The summed E-state index contributed by atoms with van der Waals surface area (Å²) in [6, 6.07) is 15.1. The quantitative estimate of drug-likeness (QED) is 0.772. The van der Waals surface area contributed by atoms with Crippen molar-refractivity contribution in [2.45, 2.75) is 6.23 Å². The largest absolute Gasteiger partial charge is 0.508 e. The van der Waals surface area contributed by atoms with Crippen molar-refractivity contribution < 1.29 is 9.84 Å². The van der Waals surface area contributed by atoms with Crippen LogP contribution in [0.2, 0.25) is 0 Å². The van der Waals surface area contributed by atoms with Crippen LogP contribution in [0.25, 0.3) is 10.9 Å². The number of fused-ring (bicyclic) bond motifs is 1. The minimum absolute atomic E-state index is 0.171. The molecule has 0 saturated carbocycles. The van der Waals surface area contributed by atoms with Crippen LogP contribution in [0, 0.1) is 0 Å². The van der Waals surface area contributed by atoms with Crippen molar-refractivity contribution in [2.75, 3.05) is 24.6 Å². The molecule has 2 N–H and O–H groups in total. The van der Waals surface area contributed by atoms with Gasteiger partial charge in [-0.1, -0.05) is 18.2 Å². The number of aromatic nitrogens is 2. The molecule has 6 heteroatoms. The zero-order valence-electron chi connectivity index (χ0n) is 13.1. The zero-order chi connectivity index (χ0) is 16.4. The van der Waals surface area contributed by atoms with Crippen LogP contribution in [0.5, 0.6) is 5.75 Å². The second-order valence-corrected chi connectivity index (χ2v) is 5.65. The van der Waals surface area contributed by atoms with E-state index in [2.05, 4.69) is 15.3 Å². The van der Waals surface area contributed by atoms with Gasteiger partial charge in [-0.15, -0.1) is 0 Å². The number of benzene rings is 2. The van der Waals surface area contributed by atoms with E-state index in [0.29, 0.717) is 19.1 Å². The number of hydrogen-bond donors (Lipinski definition) is 2. The first-order chi connectivity index (χ1) is 11.8. The van der Waals surface area contributed by atoms with Gasteiger partial charge in [0, 0.05) is 30.4 Å². The Kier molecular flexibility index (Phi) is 3.98. The fourth-order valence-corrected chi connectivity index (χ4v) is 2.84. The molecule has 1 aromatic heterocycles. The summed E-state index contributed by atoms with van der Waals surface area (Å²) in [5, 5.41) is 13.7. The Bertz CT molecular complexity index is 835. The SMILES string of the molecule is Oc1ccc2nc(N(c3ccccc3)C3CNCCO3)ncc2c1. The van der Waals surface area contributed by atoms with Crippen molar-refractivity contribution in [3.63, 3.8) is 0 Å². The summed E-state index contributed by atoms with van der Waals surface area (Å²) in [6.07, 6.45) is 1.56. The lowest BCUT2D eigenvalue weighted by Crippen LogP contribution is -2.48. The number of nitrogens with one attached hydrogen (secondary N) is 1. The van der Waals surface area contributed by atoms with Gasteiger partial charge in [-0.05, 0) is 30.3 Å². The molecule has 4 rings (SSSR count). The van der Waals surface area contributed by atoms with E-state index in [9.17, 15) is 5.11 Å². The lowest BCUT2D eigenvalue weighted by atomic mass is 10.2. The molecule has 0 aliphatic carbocycles. The van der Waals surface area contributed by atoms with E-state index >= 15 is 0 Å². The second kappa shape index (κ2) is 6.43. The Morgan fingerprint density at radius 1 is 1.17 bits per heavy atom. The Hall–Kier alpha value is -2.70. The van der Waals surface area contributed by atoms with E-state index in [4.69, 9.17) is 4.74 Å². The number of ether oxygens (including phenoxy) is 1. The van der Waals surface area contributed by atoms with Crippen LogP contribution in [-0.4, -0.2) is 41.0 Å². The topological polar surface area (TPSA) is 70.5 Å². The molecular weight excluding hydrogens is 304 g/mol. The molecule has 1 saturated heterocycles. The van der Waals surface area contributed by atoms with Gasteiger partial charge in [-0.25, -0.2) is 9.97 Å². The van der Waals surface area contributed by atoms with Crippen molar-refractivity contribution in [3.05, 3.63) is 54.7 Å². The second-order valence-electron chi connectivity index (χ2n) is 5.65. The highest BCUT2D eigenvalue weighted by Gasteiger charge is 2.25. The van der Waals surface area contributed by atoms with Gasteiger partial charge in [-0.2, -0.15) is 0 Å². The molecule has 2 heterocycles. The molecule has 0 bridgehead atoms. The average Bonchev–Trinajstić information content (AvgIpc) is 2.64. The number of hydrogen-bond acceptors (Lipinski definition) is 6. The normalized spacial score (nSPS) is 17.8. The lowest BCUT2D eigenvalue weighted by molar-refractivity contribution is 0.0325. The number of para-hydroxylation sites is 1. The van der Waals surface area contributed by atoms with E-state index < -0.39 is 0 Å². The molecule has 0 spiro atoms. The van der Waals surface area contributed by atoms with Crippen LogP contribution in [-0.2, 0) is 4.74 Å². The van der Waals surface area contributed by atoms with E-state index in [1.54, 1.807) is 24.4 Å². The van der Waals surface area contributed by atoms with Gasteiger partial charge in [0.05, 0.1) is 12.1 Å². The first kappa shape index (κ1) is 14.9. The monoisotopic (exact) mass is 322 g/mol. The predicted molar refractivity (Wildman–Crippen MR) is 92.4 cm³/mol. The summed E-state index contributed by atoms with van der Waals surface area (Å²) < 4.78 is 5.92. The van der Waals surface area contributed by atoms with Gasteiger partial charge >= 0.3 is 0 Å². The smallest absolute Gasteiger partial charge is 0.232 e. The molecule has 24 heavy (non-hydrogen) atoms. The molecular formula is C18H18N4O2. The fourth-order valence-electron chi connectivity index (χ4n) is 2.84. The Morgan fingerprint density at radius 3 is 2.83 bits per heavy atom. The Labute approximate surface area is 139 Å². The highest BCUT2D eigenvalue weighted by Crippen LogP contribution is 2.27. The molecule has 0 radical (unpaired) electrons. The third kappa shape index (κ3) is 2.89. The van der Waals surface area contributed by atoms with Crippen LogP contribution in [0.15, 0.2) is 54.7 Å². The van der Waals surface area contributed by atoms with Crippen molar-refractivity contribution in [1.29, 1.82) is 0 Å². The number of aromatic hydroxyl groups is 1. The minimum Gasteiger partial charge on any atom is -0.508 e. The molecule has 1 aliphatic rings. The van der Waals surface area contributed by atoms with Crippen LogP contribution in [0.4, 0.5) is 11.6 Å². The maximum Gasteiger partial charge on any atom is 0.232 e. The third-order valence-electron chi connectivity index (χ3n) is 4.00. The van der Waals surface area contributed by atoms with E-state index in [0.717, 1.165) is 23.1 Å². The van der Waals surface area contributed by atoms with Crippen LogP contribution in [0.3, 0.4) is 0 Å². The van der Waals surface area contributed by atoms with Gasteiger partial charge < -0.3 is 15.2 Å². The molecule has 122 valence electrons. The standard InChI is InChI=1S/C18H18N4O2/c23-15-6-7-16-13(10-15)11-20-18(21-16)22(14-4-2-1-3-5-14)17-12-19-8-9-24-17/h1-7,10-11,17,19,23H,8-9,12H2. The highest BCUT2D eigenvalue weighted by atomic mass is 16.5. The molecule has 6 nitrogen and oxygen atoms in total. The summed E-state index contributed by atoms with van der Waals surface area (Å²) >= 11 is 0. The third-order valence-corrected chi connectivity index (χ3v) is 4.00. The first-order valence-corrected chi connectivity index (χ1v) is 7.94.